The second kappa shape index (κ2) is 6.06. The molecule has 0 bridgehead atoms. The third kappa shape index (κ3) is 3.07. The molecule has 0 radical (unpaired) electrons. The molecule has 1 amide bonds. The van der Waals surface area contributed by atoms with Crippen molar-refractivity contribution in [2.24, 2.45) is 0 Å². The van der Waals surface area contributed by atoms with Crippen LogP contribution in [0.1, 0.15) is 36.0 Å². The Bertz CT molecular complexity index is 440. The Balaban J connectivity index is 2.02. The summed E-state index contributed by atoms with van der Waals surface area (Å²) in [6, 6.07) is 7.58. The lowest BCUT2D eigenvalue weighted by molar-refractivity contribution is 0.0682. The molecular formula is C15H22N2O2. The zero-order chi connectivity index (χ0) is 13.8. The van der Waals surface area contributed by atoms with E-state index in [9.17, 15) is 9.90 Å². The maximum absolute atomic E-state index is 12.4. The summed E-state index contributed by atoms with van der Waals surface area (Å²) in [4.78, 5) is 14.1. The van der Waals surface area contributed by atoms with Crippen LogP contribution in [0.2, 0.25) is 0 Å². The zero-order valence-electron chi connectivity index (χ0n) is 11.6. The molecule has 1 aromatic carbocycles. The molecule has 0 aliphatic heterocycles. The lowest BCUT2D eigenvalue weighted by atomic mass is 9.90. The third-order valence-electron chi connectivity index (χ3n) is 4.11. The molecule has 0 aromatic heterocycles. The minimum Gasteiger partial charge on any atom is -0.507 e. The van der Waals surface area contributed by atoms with Crippen molar-refractivity contribution in [2.45, 2.75) is 37.8 Å². The van der Waals surface area contributed by atoms with Gasteiger partial charge in [0.1, 0.15) is 5.75 Å². The number of amides is 1. The highest BCUT2D eigenvalue weighted by atomic mass is 16.3. The number of phenolic OH excluding ortho intramolecular Hbond substituents is 1. The van der Waals surface area contributed by atoms with Crippen molar-refractivity contribution >= 4 is 5.91 Å². The molecule has 0 spiro atoms. The molecule has 2 N–H and O–H groups in total. The molecule has 0 saturated heterocycles. The van der Waals surface area contributed by atoms with Crippen LogP contribution in [0.4, 0.5) is 0 Å². The first-order chi connectivity index (χ1) is 9.13. The minimum absolute atomic E-state index is 0.0586. The topological polar surface area (TPSA) is 52.6 Å². The van der Waals surface area contributed by atoms with Gasteiger partial charge in [-0.1, -0.05) is 12.1 Å². The highest BCUT2D eigenvalue weighted by molar-refractivity contribution is 5.96. The maximum Gasteiger partial charge on any atom is 0.257 e. The predicted molar refractivity (Wildman–Crippen MR) is 75.3 cm³/mol. The predicted octanol–water partition coefficient (Wildman–Crippen LogP) is 1.99. The molecule has 2 rings (SSSR count). The molecule has 19 heavy (non-hydrogen) atoms. The van der Waals surface area contributed by atoms with Gasteiger partial charge in [-0.05, 0) is 44.9 Å². The van der Waals surface area contributed by atoms with Crippen LogP contribution in [0.25, 0.3) is 0 Å². The molecule has 1 saturated carbocycles. The number of carbonyl (C=O) groups is 1. The molecule has 1 aromatic rings. The van der Waals surface area contributed by atoms with Crippen molar-refractivity contribution in [2.75, 3.05) is 14.1 Å². The summed E-state index contributed by atoms with van der Waals surface area (Å²) in [5, 5.41) is 13.0. The Labute approximate surface area is 114 Å². The van der Waals surface area contributed by atoms with E-state index in [4.69, 9.17) is 0 Å². The van der Waals surface area contributed by atoms with Crippen LogP contribution < -0.4 is 5.32 Å². The van der Waals surface area contributed by atoms with Crippen molar-refractivity contribution in [3.63, 3.8) is 0 Å². The van der Waals surface area contributed by atoms with Crippen molar-refractivity contribution in [1.82, 2.24) is 10.2 Å². The van der Waals surface area contributed by atoms with Gasteiger partial charge in [-0.2, -0.15) is 0 Å². The first-order valence-electron chi connectivity index (χ1n) is 6.86. The molecule has 1 aliphatic rings. The fourth-order valence-electron chi connectivity index (χ4n) is 2.76. The monoisotopic (exact) mass is 262 g/mol. The second-order valence-corrected chi connectivity index (χ2v) is 5.23. The number of hydrogen-bond donors (Lipinski definition) is 2. The van der Waals surface area contributed by atoms with Gasteiger partial charge in [0.2, 0.25) is 0 Å². The number of rotatable bonds is 3. The summed E-state index contributed by atoms with van der Waals surface area (Å²) in [6.45, 7) is 0. The Hall–Kier alpha value is -1.55. The number of para-hydroxylation sites is 1. The van der Waals surface area contributed by atoms with Gasteiger partial charge >= 0.3 is 0 Å². The lowest BCUT2D eigenvalue weighted by Gasteiger charge is -2.34. The number of hydrogen-bond acceptors (Lipinski definition) is 3. The van der Waals surface area contributed by atoms with Crippen LogP contribution in [0.15, 0.2) is 24.3 Å². The van der Waals surface area contributed by atoms with Crippen LogP contribution >= 0.6 is 0 Å². The van der Waals surface area contributed by atoms with Crippen molar-refractivity contribution in [1.29, 1.82) is 0 Å². The average Bonchev–Trinajstić information content (AvgIpc) is 2.46. The van der Waals surface area contributed by atoms with Gasteiger partial charge in [0, 0.05) is 19.1 Å². The summed E-state index contributed by atoms with van der Waals surface area (Å²) in [6.07, 6.45) is 4.22. The lowest BCUT2D eigenvalue weighted by Crippen LogP contribution is -2.42. The highest BCUT2D eigenvalue weighted by Gasteiger charge is 2.27. The van der Waals surface area contributed by atoms with Gasteiger partial charge in [0.15, 0.2) is 0 Å². The Morgan fingerprint density at radius 1 is 1.26 bits per heavy atom. The van der Waals surface area contributed by atoms with E-state index in [1.807, 2.05) is 14.1 Å². The van der Waals surface area contributed by atoms with Crippen LogP contribution in [0.5, 0.6) is 5.75 Å². The smallest absolute Gasteiger partial charge is 0.257 e. The average molecular weight is 262 g/mol. The SMILES string of the molecule is CNC1CCC(N(C)C(=O)c2ccccc2O)CC1. The molecule has 0 unspecified atom stereocenters. The van der Waals surface area contributed by atoms with Gasteiger partial charge in [-0.15, -0.1) is 0 Å². The van der Waals surface area contributed by atoms with Gasteiger partial charge in [-0.3, -0.25) is 4.79 Å². The van der Waals surface area contributed by atoms with Crippen molar-refractivity contribution in [3.05, 3.63) is 29.8 Å². The minimum atomic E-state index is -0.0917. The number of phenols is 1. The first kappa shape index (κ1) is 13.9. The Kier molecular flexibility index (Phi) is 4.43. The van der Waals surface area contributed by atoms with E-state index in [0.717, 1.165) is 25.7 Å². The van der Waals surface area contributed by atoms with Crippen molar-refractivity contribution < 1.29 is 9.90 Å². The van der Waals surface area contributed by atoms with Gasteiger partial charge in [0.05, 0.1) is 5.56 Å². The standard InChI is InChI=1S/C15H22N2O2/c1-16-11-7-9-12(10-8-11)17(2)15(19)13-5-3-4-6-14(13)18/h3-6,11-12,16,18H,7-10H2,1-2H3. The third-order valence-corrected chi connectivity index (χ3v) is 4.11. The first-order valence-corrected chi connectivity index (χ1v) is 6.86. The summed E-state index contributed by atoms with van der Waals surface area (Å²) < 4.78 is 0. The number of benzene rings is 1. The summed E-state index contributed by atoms with van der Waals surface area (Å²) in [5.41, 5.74) is 0.390. The van der Waals surface area contributed by atoms with Gasteiger partial charge in [-0.25, -0.2) is 0 Å². The fourth-order valence-corrected chi connectivity index (χ4v) is 2.76. The van der Waals surface area contributed by atoms with E-state index < -0.39 is 0 Å². The van der Waals surface area contributed by atoms with E-state index in [0.29, 0.717) is 11.6 Å². The Morgan fingerprint density at radius 2 is 1.89 bits per heavy atom. The van der Waals surface area contributed by atoms with Crippen LogP contribution in [-0.4, -0.2) is 42.1 Å². The van der Waals surface area contributed by atoms with Gasteiger partial charge in [0.25, 0.3) is 5.91 Å². The van der Waals surface area contributed by atoms with E-state index in [-0.39, 0.29) is 17.7 Å². The molecule has 4 nitrogen and oxygen atoms in total. The highest BCUT2D eigenvalue weighted by Crippen LogP contribution is 2.25. The summed E-state index contributed by atoms with van der Waals surface area (Å²) >= 11 is 0. The number of aromatic hydroxyl groups is 1. The number of nitrogens with zero attached hydrogens (tertiary/aromatic N) is 1. The number of carbonyl (C=O) groups excluding carboxylic acids is 1. The van der Waals surface area contributed by atoms with Crippen molar-refractivity contribution in [3.8, 4) is 5.75 Å². The van der Waals surface area contributed by atoms with Gasteiger partial charge < -0.3 is 15.3 Å². The number of nitrogens with one attached hydrogen (secondary N) is 1. The fraction of sp³-hybridized carbons (Fsp3) is 0.533. The molecule has 1 aliphatic carbocycles. The van der Waals surface area contributed by atoms with Crippen LogP contribution in [0.3, 0.4) is 0 Å². The Morgan fingerprint density at radius 3 is 2.47 bits per heavy atom. The van der Waals surface area contributed by atoms with E-state index in [2.05, 4.69) is 5.32 Å². The maximum atomic E-state index is 12.4. The summed E-state index contributed by atoms with van der Waals surface area (Å²) in [7, 11) is 3.82. The van der Waals surface area contributed by atoms with E-state index in [1.165, 1.54) is 0 Å². The van der Waals surface area contributed by atoms with E-state index in [1.54, 1.807) is 29.2 Å². The molecule has 4 heteroatoms. The molecule has 0 atom stereocenters. The summed E-state index contributed by atoms with van der Waals surface area (Å²) in [5.74, 6) is -0.0331. The van der Waals surface area contributed by atoms with Crippen LogP contribution in [0, 0.1) is 0 Å². The normalized spacial score (nSPS) is 23.1. The molecule has 1 fully saturated rings. The molecule has 0 heterocycles. The quantitative estimate of drug-likeness (QED) is 0.876. The van der Waals surface area contributed by atoms with Crippen LogP contribution in [-0.2, 0) is 0 Å². The largest absolute Gasteiger partial charge is 0.507 e. The second-order valence-electron chi connectivity index (χ2n) is 5.23. The van der Waals surface area contributed by atoms with E-state index >= 15 is 0 Å². The zero-order valence-corrected chi connectivity index (χ0v) is 11.6. The molecule has 104 valence electrons. The molecular weight excluding hydrogens is 240 g/mol.